The standard InChI is InChI=1S/C17H27N3O5S/c1-3-19(13-7-9-26(24,25)11-13)14(21)10-20-15(22)17(18-16(20)23)8-5-4-6-12(17)2/h12-13H,3-11H2,1-2H3,(H,18,23)/t12-,13-,17-/m0/s1. The molecule has 8 nitrogen and oxygen atoms in total. The van der Waals surface area contributed by atoms with Gasteiger partial charge in [0.1, 0.15) is 12.1 Å². The van der Waals surface area contributed by atoms with E-state index in [9.17, 15) is 22.8 Å². The van der Waals surface area contributed by atoms with E-state index < -0.39 is 21.4 Å². The van der Waals surface area contributed by atoms with Crippen molar-refractivity contribution in [3.63, 3.8) is 0 Å². The van der Waals surface area contributed by atoms with E-state index in [0.717, 1.165) is 24.2 Å². The zero-order chi connectivity index (χ0) is 19.1. The molecule has 26 heavy (non-hydrogen) atoms. The fraction of sp³-hybridized carbons (Fsp3) is 0.824. The maximum Gasteiger partial charge on any atom is 0.325 e. The highest BCUT2D eigenvalue weighted by molar-refractivity contribution is 7.91. The van der Waals surface area contributed by atoms with Gasteiger partial charge in [-0.25, -0.2) is 13.2 Å². The van der Waals surface area contributed by atoms with E-state index >= 15 is 0 Å². The van der Waals surface area contributed by atoms with Crippen molar-refractivity contribution in [1.29, 1.82) is 0 Å². The van der Waals surface area contributed by atoms with Gasteiger partial charge in [0.05, 0.1) is 11.5 Å². The van der Waals surface area contributed by atoms with Crippen LogP contribution in [0, 0.1) is 5.92 Å². The maximum absolute atomic E-state index is 12.9. The van der Waals surface area contributed by atoms with Gasteiger partial charge in [-0.2, -0.15) is 0 Å². The number of rotatable bonds is 4. The minimum absolute atomic E-state index is 0.0371. The molecule has 3 fully saturated rings. The lowest BCUT2D eigenvalue weighted by molar-refractivity contribution is -0.141. The molecule has 1 N–H and O–H groups in total. The Balaban J connectivity index is 1.72. The number of amides is 4. The van der Waals surface area contributed by atoms with E-state index in [4.69, 9.17) is 0 Å². The Bertz CT molecular complexity index is 722. The van der Waals surface area contributed by atoms with E-state index in [2.05, 4.69) is 5.32 Å². The number of hydrogen-bond donors (Lipinski definition) is 1. The molecule has 0 unspecified atom stereocenters. The number of likely N-dealkylation sites (N-methyl/N-ethyl adjacent to an activating group) is 1. The monoisotopic (exact) mass is 385 g/mol. The molecule has 0 aromatic rings. The first-order valence-electron chi connectivity index (χ1n) is 9.34. The Kier molecular flexibility index (Phi) is 5.02. The lowest BCUT2D eigenvalue weighted by atomic mass is 9.73. The lowest BCUT2D eigenvalue weighted by Crippen LogP contribution is -2.54. The Morgan fingerprint density at radius 3 is 2.62 bits per heavy atom. The third kappa shape index (κ3) is 3.21. The zero-order valence-electron chi connectivity index (χ0n) is 15.4. The summed E-state index contributed by atoms with van der Waals surface area (Å²) in [4.78, 5) is 40.6. The summed E-state index contributed by atoms with van der Waals surface area (Å²) in [6.07, 6.45) is 3.78. The summed E-state index contributed by atoms with van der Waals surface area (Å²) in [6, 6.07) is -0.895. The highest BCUT2D eigenvalue weighted by Gasteiger charge is 2.55. The van der Waals surface area contributed by atoms with Gasteiger partial charge in [0.15, 0.2) is 9.84 Å². The van der Waals surface area contributed by atoms with Crippen molar-refractivity contribution in [1.82, 2.24) is 15.1 Å². The van der Waals surface area contributed by atoms with Crippen LogP contribution in [0.5, 0.6) is 0 Å². The Morgan fingerprint density at radius 1 is 1.31 bits per heavy atom. The summed E-state index contributed by atoms with van der Waals surface area (Å²) >= 11 is 0. The average Bonchev–Trinajstić information content (AvgIpc) is 3.04. The van der Waals surface area contributed by atoms with Crippen LogP contribution in [0.25, 0.3) is 0 Å². The summed E-state index contributed by atoms with van der Waals surface area (Å²) < 4.78 is 23.4. The van der Waals surface area contributed by atoms with E-state index in [-0.39, 0.29) is 41.8 Å². The molecule has 3 rings (SSSR count). The zero-order valence-corrected chi connectivity index (χ0v) is 16.2. The van der Waals surface area contributed by atoms with Crippen molar-refractivity contribution < 1.29 is 22.8 Å². The molecular formula is C17H27N3O5S. The van der Waals surface area contributed by atoms with Gasteiger partial charge in [0, 0.05) is 12.6 Å². The fourth-order valence-corrected chi connectivity index (χ4v) is 6.26. The number of carbonyl (C=O) groups is 3. The van der Waals surface area contributed by atoms with Crippen LogP contribution >= 0.6 is 0 Å². The maximum atomic E-state index is 12.9. The van der Waals surface area contributed by atoms with Crippen molar-refractivity contribution in [3.05, 3.63) is 0 Å². The normalized spacial score (nSPS) is 33.5. The quantitative estimate of drug-likeness (QED) is 0.711. The largest absolute Gasteiger partial charge is 0.337 e. The van der Waals surface area contributed by atoms with Gasteiger partial charge >= 0.3 is 6.03 Å². The first-order valence-corrected chi connectivity index (χ1v) is 11.2. The van der Waals surface area contributed by atoms with Gasteiger partial charge in [-0.3, -0.25) is 14.5 Å². The summed E-state index contributed by atoms with van der Waals surface area (Å²) in [7, 11) is -3.12. The minimum Gasteiger partial charge on any atom is -0.337 e. The lowest BCUT2D eigenvalue weighted by Gasteiger charge is -2.37. The van der Waals surface area contributed by atoms with Crippen LogP contribution < -0.4 is 5.32 Å². The molecule has 1 aliphatic carbocycles. The van der Waals surface area contributed by atoms with E-state index in [0.29, 0.717) is 19.4 Å². The summed E-state index contributed by atoms with van der Waals surface area (Å²) in [5, 5.41) is 2.83. The van der Waals surface area contributed by atoms with Crippen LogP contribution in [-0.2, 0) is 19.4 Å². The highest BCUT2D eigenvalue weighted by atomic mass is 32.2. The molecule has 146 valence electrons. The SMILES string of the molecule is CCN(C(=O)CN1C(=O)N[C@]2(CCCC[C@@H]2C)C1=O)[C@H]1CCS(=O)(=O)C1. The molecule has 0 aromatic heterocycles. The van der Waals surface area contributed by atoms with Crippen LogP contribution in [0.4, 0.5) is 4.79 Å². The average molecular weight is 385 g/mol. The number of imide groups is 1. The number of urea groups is 1. The minimum atomic E-state index is -3.12. The third-order valence-corrected chi connectivity index (χ3v) is 7.86. The predicted molar refractivity (Wildman–Crippen MR) is 95.1 cm³/mol. The molecule has 1 saturated carbocycles. The van der Waals surface area contributed by atoms with Crippen LogP contribution in [0.2, 0.25) is 0 Å². The molecule has 0 aromatic carbocycles. The summed E-state index contributed by atoms with van der Waals surface area (Å²) in [6.45, 7) is 3.76. The van der Waals surface area contributed by atoms with Gasteiger partial charge in [0.25, 0.3) is 5.91 Å². The summed E-state index contributed by atoms with van der Waals surface area (Å²) in [5.74, 6) is -0.634. The predicted octanol–water partition coefficient (Wildman–Crippen LogP) is 0.523. The molecular weight excluding hydrogens is 358 g/mol. The number of hydrogen-bond acceptors (Lipinski definition) is 5. The number of nitrogens with one attached hydrogen (secondary N) is 1. The van der Waals surface area contributed by atoms with Crippen LogP contribution in [-0.4, -0.2) is 72.2 Å². The van der Waals surface area contributed by atoms with Crippen LogP contribution in [0.1, 0.15) is 46.0 Å². The Labute approximate surface area is 154 Å². The van der Waals surface area contributed by atoms with Gasteiger partial charge < -0.3 is 10.2 Å². The second-order valence-electron chi connectivity index (χ2n) is 7.68. The number of sulfone groups is 1. The van der Waals surface area contributed by atoms with Crippen LogP contribution in [0.15, 0.2) is 0 Å². The molecule has 2 heterocycles. The molecule has 0 radical (unpaired) electrons. The number of nitrogens with zero attached hydrogens (tertiary/aromatic N) is 2. The third-order valence-electron chi connectivity index (χ3n) is 6.11. The molecule has 1 spiro atoms. The molecule has 2 saturated heterocycles. The molecule has 3 aliphatic rings. The van der Waals surface area contributed by atoms with E-state index in [1.807, 2.05) is 6.92 Å². The van der Waals surface area contributed by atoms with Crippen molar-refractivity contribution in [3.8, 4) is 0 Å². The van der Waals surface area contributed by atoms with Crippen molar-refractivity contribution in [2.75, 3.05) is 24.6 Å². The topological polar surface area (TPSA) is 104 Å². The van der Waals surface area contributed by atoms with E-state index in [1.54, 1.807) is 6.92 Å². The second kappa shape index (κ2) is 6.83. The van der Waals surface area contributed by atoms with Crippen LogP contribution in [0.3, 0.4) is 0 Å². The highest BCUT2D eigenvalue weighted by Crippen LogP contribution is 2.38. The molecule has 0 bridgehead atoms. The number of carbonyl (C=O) groups excluding carboxylic acids is 3. The molecule has 4 amide bonds. The molecule has 3 atom stereocenters. The smallest absolute Gasteiger partial charge is 0.325 e. The van der Waals surface area contributed by atoms with E-state index in [1.165, 1.54) is 4.90 Å². The first-order chi connectivity index (χ1) is 12.2. The second-order valence-corrected chi connectivity index (χ2v) is 9.90. The van der Waals surface area contributed by atoms with Gasteiger partial charge in [0.2, 0.25) is 5.91 Å². The first kappa shape index (κ1) is 19.1. The van der Waals surface area contributed by atoms with Crippen molar-refractivity contribution in [2.24, 2.45) is 5.92 Å². The van der Waals surface area contributed by atoms with Gasteiger partial charge in [-0.15, -0.1) is 0 Å². The Morgan fingerprint density at radius 2 is 2.04 bits per heavy atom. The fourth-order valence-electron chi connectivity index (χ4n) is 4.52. The summed E-state index contributed by atoms with van der Waals surface area (Å²) in [5.41, 5.74) is -0.886. The molecule has 9 heteroatoms. The van der Waals surface area contributed by atoms with Gasteiger partial charge in [-0.05, 0) is 32.1 Å². The Hall–Kier alpha value is -1.64. The van der Waals surface area contributed by atoms with Crippen molar-refractivity contribution in [2.45, 2.75) is 57.5 Å². The molecule has 2 aliphatic heterocycles. The van der Waals surface area contributed by atoms with Gasteiger partial charge in [-0.1, -0.05) is 19.8 Å². The van der Waals surface area contributed by atoms with Crippen molar-refractivity contribution >= 4 is 27.7 Å².